The highest BCUT2D eigenvalue weighted by Crippen LogP contribution is 2.10. The molecule has 15 heavy (non-hydrogen) atoms. The van der Waals surface area contributed by atoms with E-state index >= 15 is 0 Å². The molecule has 0 bridgehead atoms. The van der Waals surface area contributed by atoms with E-state index < -0.39 is 5.97 Å². The molecule has 6 nitrogen and oxygen atoms in total. The van der Waals surface area contributed by atoms with Crippen molar-refractivity contribution in [3.8, 4) is 11.4 Å². The standard InChI is InChI=1S/C9H7N3O3/c13-5-1-6(8-3-10-4-11-8)12-7(2-5)9(14)15/h1-4H,(H,10,11)(H,12,13)(H,14,15). The van der Waals surface area contributed by atoms with Crippen LogP contribution in [0, 0.1) is 0 Å². The van der Waals surface area contributed by atoms with E-state index in [-0.39, 0.29) is 11.1 Å². The van der Waals surface area contributed by atoms with Crippen LogP contribution in [0.2, 0.25) is 0 Å². The van der Waals surface area contributed by atoms with Crippen molar-refractivity contribution in [2.24, 2.45) is 0 Å². The number of hydrogen-bond acceptors (Lipinski definition) is 3. The lowest BCUT2D eigenvalue weighted by Crippen LogP contribution is -2.09. The summed E-state index contributed by atoms with van der Waals surface area (Å²) in [6.07, 6.45) is 2.94. The number of hydrogen-bond donors (Lipinski definition) is 3. The Hall–Kier alpha value is -2.37. The molecule has 0 unspecified atom stereocenters. The van der Waals surface area contributed by atoms with Crippen molar-refractivity contribution in [3.63, 3.8) is 0 Å². The maximum absolute atomic E-state index is 11.2. The summed E-state index contributed by atoms with van der Waals surface area (Å²) in [5, 5.41) is 8.74. The van der Waals surface area contributed by atoms with Crippen LogP contribution in [-0.4, -0.2) is 26.0 Å². The molecule has 0 saturated carbocycles. The second-order valence-electron chi connectivity index (χ2n) is 2.91. The molecule has 3 N–H and O–H groups in total. The molecular formula is C9H7N3O3. The predicted molar refractivity (Wildman–Crippen MR) is 51.6 cm³/mol. The topological polar surface area (TPSA) is 98.8 Å². The molecule has 0 radical (unpaired) electrons. The largest absolute Gasteiger partial charge is 0.477 e. The summed E-state index contributed by atoms with van der Waals surface area (Å²) in [6, 6.07) is 2.34. The van der Waals surface area contributed by atoms with Gasteiger partial charge in [0.1, 0.15) is 5.69 Å². The minimum Gasteiger partial charge on any atom is -0.477 e. The van der Waals surface area contributed by atoms with Crippen LogP contribution >= 0.6 is 0 Å². The normalized spacial score (nSPS) is 10.1. The summed E-state index contributed by atoms with van der Waals surface area (Å²) >= 11 is 0. The highest BCUT2D eigenvalue weighted by molar-refractivity contribution is 5.85. The van der Waals surface area contributed by atoms with Gasteiger partial charge in [-0.2, -0.15) is 0 Å². The molecule has 0 fully saturated rings. The van der Waals surface area contributed by atoms with Gasteiger partial charge < -0.3 is 15.1 Å². The van der Waals surface area contributed by atoms with E-state index in [2.05, 4.69) is 15.0 Å². The Labute approximate surface area is 83.6 Å². The number of imidazole rings is 1. The van der Waals surface area contributed by atoms with Crippen molar-refractivity contribution in [2.45, 2.75) is 0 Å². The number of aromatic nitrogens is 3. The van der Waals surface area contributed by atoms with Crippen LogP contribution in [0.3, 0.4) is 0 Å². The number of carboxylic acid groups (broad SMARTS) is 1. The number of carboxylic acids is 1. The average Bonchev–Trinajstić information content (AvgIpc) is 2.69. The molecule has 0 spiro atoms. The van der Waals surface area contributed by atoms with Crippen molar-refractivity contribution in [3.05, 3.63) is 40.6 Å². The molecule has 2 heterocycles. The van der Waals surface area contributed by atoms with E-state index in [4.69, 9.17) is 5.11 Å². The van der Waals surface area contributed by atoms with Crippen LogP contribution in [0.15, 0.2) is 29.5 Å². The maximum Gasteiger partial charge on any atom is 0.352 e. The zero-order valence-corrected chi connectivity index (χ0v) is 7.52. The summed E-state index contributed by atoms with van der Waals surface area (Å²) in [6.45, 7) is 0. The van der Waals surface area contributed by atoms with Gasteiger partial charge >= 0.3 is 5.97 Å². The molecule has 0 atom stereocenters. The Morgan fingerprint density at radius 1 is 1.33 bits per heavy atom. The molecule has 6 heteroatoms. The monoisotopic (exact) mass is 205 g/mol. The number of nitrogens with zero attached hydrogens (tertiary/aromatic N) is 1. The van der Waals surface area contributed by atoms with E-state index in [9.17, 15) is 9.59 Å². The Balaban J connectivity index is 2.59. The third-order valence-electron chi connectivity index (χ3n) is 1.86. The third kappa shape index (κ3) is 1.78. The lowest BCUT2D eigenvalue weighted by Gasteiger charge is -1.99. The van der Waals surface area contributed by atoms with Gasteiger partial charge in [-0.1, -0.05) is 0 Å². The summed E-state index contributed by atoms with van der Waals surface area (Å²) in [7, 11) is 0. The fraction of sp³-hybridized carbons (Fsp3) is 0. The average molecular weight is 205 g/mol. The van der Waals surface area contributed by atoms with Crippen LogP contribution in [0.1, 0.15) is 10.5 Å². The SMILES string of the molecule is O=C(O)c1cc(=O)cc(-c2cnc[nH]2)[nH]1. The maximum atomic E-state index is 11.2. The molecule has 0 aliphatic rings. The van der Waals surface area contributed by atoms with E-state index in [1.807, 2.05) is 0 Å². The Morgan fingerprint density at radius 3 is 2.73 bits per heavy atom. The zero-order chi connectivity index (χ0) is 10.8. The van der Waals surface area contributed by atoms with Gasteiger partial charge in [0.2, 0.25) is 0 Å². The van der Waals surface area contributed by atoms with Crippen molar-refractivity contribution >= 4 is 5.97 Å². The smallest absolute Gasteiger partial charge is 0.352 e. The van der Waals surface area contributed by atoms with Crippen molar-refractivity contribution in [2.75, 3.05) is 0 Å². The second-order valence-corrected chi connectivity index (χ2v) is 2.91. The number of aromatic amines is 2. The number of aromatic carboxylic acids is 1. The first-order chi connectivity index (χ1) is 7.16. The molecule has 0 aromatic carbocycles. The first-order valence-electron chi connectivity index (χ1n) is 4.13. The minimum absolute atomic E-state index is 0.146. The van der Waals surface area contributed by atoms with Crippen LogP contribution < -0.4 is 5.43 Å². The first kappa shape index (κ1) is 9.20. The summed E-state index contributed by atoms with van der Waals surface area (Å²) in [5.41, 5.74) is 0.454. The zero-order valence-electron chi connectivity index (χ0n) is 7.52. The molecular weight excluding hydrogens is 198 g/mol. The Kier molecular flexibility index (Phi) is 2.09. The van der Waals surface area contributed by atoms with E-state index in [0.29, 0.717) is 11.4 Å². The van der Waals surface area contributed by atoms with Gasteiger partial charge in [-0.15, -0.1) is 0 Å². The van der Waals surface area contributed by atoms with Gasteiger partial charge in [0.15, 0.2) is 5.43 Å². The van der Waals surface area contributed by atoms with Gasteiger partial charge in [0, 0.05) is 12.1 Å². The fourth-order valence-electron chi connectivity index (χ4n) is 1.21. The van der Waals surface area contributed by atoms with Crippen molar-refractivity contribution in [1.82, 2.24) is 15.0 Å². The van der Waals surface area contributed by atoms with Crippen molar-refractivity contribution in [1.29, 1.82) is 0 Å². The van der Waals surface area contributed by atoms with Gasteiger partial charge in [0.25, 0.3) is 0 Å². The molecule has 0 aliphatic carbocycles. The second kappa shape index (κ2) is 3.41. The summed E-state index contributed by atoms with van der Waals surface area (Å²) in [5.74, 6) is -1.17. The van der Waals surface area contributed by atoms with E-state index in [0.717, 1.165) is 6.07 Å². The third-order valence-corrected chi connectivity index (χ3v) is 1.86. The molecule has 2 aromatic heterocycles. The number of rotatable bonds is 2. The molecule has 2 rings (SSSR count). The Bertz CT molecular complexity index is 542. The Morgan fingerprint density at radius 2 is 2.13 bits per heavy atom. The summed E-state index contributed by atoms with van der Waals surface area (Å²) < 4.78 is 0. The van der Waals surface area contributed by atoms with Gasteiger partial charge in [-0.3, -0.25) is 4.79 Å². The molecule has 0 saturated heterocycles. The van der Waals surface area contributed by atoms with Gasteiger partial charge in [-0.25, -0.2) is 9.78 Å². The predicted octanol–water partition coefficient (Wildman–Crippen LogP) is 0.463. The van der Waals surface area contributed by atoms with E-state index in [1.54, 1.807) is 0 Å². The number of carbonyl (C=O) groups is 1. The van der Waals surface area contributed by atoms with Gasteiger partial charge in [-0.05, 0) is 0 Å². The number of pyridine rings is 1. The number of nitrogens with one attached hydrogen (secondary N) is 2. The van der Waals surface area contributed by atoms with Crippen LogP contribution in [0.5, 0.6) is 0 Å². The highest BCUT2D eigenvalue weighted by Gasteiger charge is 2.07. The number of H-pyrrole nitrogens is 2. The summed E-state index contributed by atoms with van der Waals surface area (Å²) in [4.78, 5) is 31.0. The molecule has 0 amide bonds. The highest BCUT2D eigenvalue weighted by atomic mass is 16.4. The molecule has 2 aromatic rings. The minimum atomic E-state index is -1.17. The lowest BCUT2D eigenvalue weighted by molar-refractivity contribution is 0.0690. The molecule has 76 valence electrons. The van der Waals surface area contributed by atoms with Crippen LogP contribution in [0.25, 0.3) is 11.4 Å². The van der Waals surface area contributed by atoms with Crippen molar-refractivity contribution < 1.29 is 9.90 Å². The fourth-order valence-corrected chi connectivity index (χ4v) is 1.21. The lowest BCUT2D eigenvalue weighted by atomic mass is 10.2. The van der Waals surface area contributed by atoms with Gasteiger partial charge in [0.05, 0.1) is 23.9 Å². The van der Waals surface area contributed by atoms with Crippen LogP contribution in [0.4, 0.5) is 0 Å². The molecule has 0 aliphatic heterocycles. The first-order valence-corrected chi connectivity index (χ1v) is 4.13. The van der Waals surface area contributed by atoms with E-state index in [1.165, 1.54) is 18.6 Å². The van der Waals surface area contributed by atoms with Crippen LogP contribution in [-0.2, 0) is 0 Å². The quantitative estimate of drug-likeness (QED) is 0.663.